The van der Waals surface area contributed by atoms with E-state index >= 15 is 0 Å². The Balaban J connectivity index is 2.34. The molecule has 0 saturated carbocycles. The maximum Gasteiger partial charge on any atom is 0.326 e. The molecule has 1 aliphatic rings. The third-order valence-corrected chi connectivity index (χ3v) is 6.78. The van der Waals surface area contributed by atoms with Gasteiger partial charge in [0.05, 0.1) is 16.7 Å². The number of carbonyl (C=O) groups excluding carboxylic acids is 1. The van der Waals surface area contributed by atoms with Crippen molar-refractivity contribution < 1.29 is 26.7 Å². The van der Waals surface area contributed by atoms with Crippen LogP contribution in [-0.4, -0.2) is 39.6 Å². The zero-order valence-corrected chi connectivity index (χ0v) is 13.6. The maximum atomic E-state index is 11.9. The Morgan fingerprint density at radius 3 is 2.45 bits per heavy atom. The third-order valence-electron chi connectivity index (χ3n) is 3.21. The van der Waals surface area contributed by atoms with E-state index in [0.29, 0.717) is 5.56 Å². The molecule has 0 spiro atoms. The van der Waals surface area contributed by atoms with Gasteiger partial charge in [0.15, 0.2) is 9.84 Å². The molecule has 1 amide bonds. The minimum Gasteiger partial charge on any atom is -0.506 e. The highest BCUT2D eigenvalue weighted by Gasteiger charge is 2.35. The number of phenolic OH excluding ortho intramolecular Hbond substituents is 1. The fraction of sp³-hybridized carbons (Fsp3) is 0.417. The number of hydrogen-bond donors (Lipinski definition) is 2. The van der Waals surface area contributed by atoms with E-state index in [4.69, 9.17) is 0 Å². The van der Waals surface area contributed by atoms with Crippen LogP contribution >= 0.6 is 0 Å². The first-order valence-corrected chi connectivity index (χ1v) is 9.55. The zero-order valence-electron chi connectivity index (χ0n) is 12.0. The van der Waals surface area contributed by atoms with Crippen molar-refractivity contribution in [2.24, 2.45) is 0 Å². The second-order valence-corrected chi connectivity index (χ2v) is 9.37. The predicted octanol–water partition coefficient (Wildman–Crippen LogP) is -0.104. The van der Waals surface area contributed by atoms with Crippen LogP contribution in [0.4, 0.5) is 5.69 Å². The molecule has 10 heteroatoms. The fourth-order valence-electron chi connectivity index (χ4n) is 1.93. The molecular weight excluding hydrogens is 332 g/mol. The van der Waals surface area contributed by atoms with Crippen LogP contribution in [0.25, 0.3) is 0 Å². The molecule has 2 N–H and O–H groups in total. The summed E-state index contributed by atoms with van der Waals surface area (Å²) in [4.78, 5) is 11.2. The van der Waals surface area contributed by atoms with Gasteiger partial charge in [-0.1, -0.05) is 6.07 Å². The Kier molecular flexibility index (Phi) is 4.09. The number of anilines is 1. The first-order valence-electron chi connectivity index (χ1n) is 6.40. The average Bonchev–Trinajstić information content (AvgIpc) is 2.62. The highest BCUT2D eigenvalue weighted by molar-refractivity contribution is 7.92. The summed E-state index contributed by atoms with van der Waals surface area (Å²) in [5.74, 6) is -1.37. The van der Waals surface area contributed by atoms with E-state index in [0.717, 1.165) is 4.31 Å². The fourth-order valence-corrected chi connectivity index (χ4v) is 4.07. The van der Waals surface area contributed by atoms with Gasteiger partial charge in [0.2, 0.25) is 0 Å². The molecule has 1 heterocycles. The van der Waals surface area contributed by atoms with Gasteiger partial charge in [-0.15, -0.1) is 0 Å². The molecule has 0 aromatic heterocycles. The summed E-state index contributed by atoms with van der Waals surface area (Å²) in [6.07, 6.45) is 0. The van der Waals surface area contributed by atoms with Gasteiger partial charge in [-0.25, -0.2) is 17.4 Å². The number of aromatic hydroxyl groups is 1. The molecule has 1 fully saturated rings. The summed E-state index contributed by atoms with van der Waals surface area (Å²) in [5.41, 5.74) is 0.259. The summed E-state index contributed by atoms with van der Waals surface area (Å²) >= 11 is 0. The van der Waals surface area contributed by atoms with Crippen LogP contribution in [0.3, 0.4) is 0 Å². The van der Waals surface area contributed by atoms with Gasteiger partial charge in [0.1, 0.15) is 12.3 Å². The predicted molar refractivity (Wildman–Crippen MR) is 80.3 cm³/mol. The lowest BCUT2D eigenvalue weighted by Gasteiger charge is -2.17. The summed E-state index contributed by atoms with van der Waals surface area (Å²) in [5, 5.41) is 9.41. The van der Waals surface area contributed by atoms with Crippen molar-refractivity contribution >= 4 is 31.6 Å². The number of phenols is 1. The molecule has 1 saturated heterocycles. The second kappa shape index (κ2) is 5.43. The van der Waals surface area contributed by atoms with Crippen LogP contribution in [-0.2, 0) is 30.6 Å². The molecule has 0 unspecified atom stereocenters. The molecule has 0 atom stereocenters. The SMILES string of the molecule is CC(C)S(=O)(=O)Cc1ccc(N2CC(=O)NS2(=O)=O)c(O)c1. The van der Waals surface area contributed by atoms with Crippen molar-refractivity contribution in [3.8, 4) is 5.75 Å². The smallest absolute Gasteiger partial charge is 0.326 e. The lowest BCUT2D eigenvalue weighted by Crippen LogP contribution is -2.29. The molecule has 0 aliphatic carbocycles. The lowest BCUT2D eigenvalue weighted by molar-refractivity contribution is -0.117. The van der Waals surface area contributed by atoms with E-state index in [1.807, 2.05) is 0 Å². The molecule has 1 aromatic carbocycles. The minimum atomic E-state index is -4.02. The van der Waals surface area contributed by atoms with E-state index in [1.54, 1.807) is 18.6 Å². The van der Waals surface area contributed by atoms with Gasteiger partial charge in [0, 0.05) is 0 Å². The molecule has 122 valence electrons. The first kappa shape index (κ1) is 16.6. The van der Waals surface area contributed by atoms with E-state index in [1.165, 1.54) is 18.2 Å². The van der Waals surface area contributed by atoms with Crippen molar-refractivity contribution in [2.75, 3.05) is 10.8 Å². The van der Waals surface area contributed by atoms with E-state index in [2.05, 4.69) is 0 Å². The molecule has 22 heavy (non-hydrogen) atoms. The zero-order chi connectivity index (χ0) is 16.7. The number of benzene rings is 1. The number of amides is 1. The van der Waals surface area contributed by atoms with Crippen molar-refractivity contribution in [3.63, 3.8) is 0 Å². The average molecular weight is 348 g/mol. The van der Waals surface area contributed by atoms with Crippen molar-refractivity contribution in [1.82, 2.24) is 4.72 Å². The van der Waals surface area contributed by atoms with E-state index < -0.39 is 43.5 Å². The molecule has 0 radical (unpaired) electrons. The lowest BCUT2D eigenvalue weighted by atomic mass is 10.2. The third kappa shape index (κ3) is 3.17. The van der Waals surface area contributed by atoms with Crippen LogP contribution in [0.5, 0.6) is 5.75 Å². The second-order valence-electron chi connectivity index (χ2n) is 5.22. The largest absolute Gasteiger partial charge is 0.506 e. The number of hydrogen-bond acceptors (Lipinski definition) is 6. The maximum absolute atomic E-state index is 11.9. The molecule has 8 nitrogen and oxygen atoms in total. The summed E-state index contributed by atoms with van der Waals surface area (Å²) in [6, 6.07) is 3.87. The molecule has 1 aliphatic heterocycles. The Morgan fingerprint density at radius 1 is 1.36 bits per heavy atom. The monoisotopic (exact) mass is 348 g/mol. The van der Waals surface area contributed by atoms with Gasteiger partial charge in [-0.2, -0.15) is 8.42 Å². The summed E-state index contributed by atoms with van der Waals surface area (Å²) in [6.45, 7) is 2.68. The molecule has 2 rings (SSSR count). The number of rotatable bonds is 4. The number of nitrogens with one attached hydrogen (secondary N) is 1. The normalized spacial score (nSPS) is 17.8. The van der Waals surface area contributed by atoms with Crippen molar-refractivity contribution in [2.45, 2.75) is 24.9 Å². The van der Waals surface area contributed by atoms with Crippen molar-refractivity contribution in [3.05, 3.63) is 23.8 Å². The first-order chi connectivity index (χ1) is 10.0. The van der Waals surface area contributed by atoms with Gasteiger partial charge in [-0.05, 0) is 31.5 Å². The molecular formula is C12H16N2O6S2. The van der Waals surface area contributed by atoms with Crippen LogP contribution in [0.2, 0.25) is 0 Å². The van der Waals surface area contributed by atoms with Crippen LogP contribution in [0, 0.1) is 0 Å². The molecule has 1 aromatic rings. The minimum absolute atomic E-state index is 0.0796. The van der Waals surface area contributed by atoms with E-state index in [-0.39, 0.29) is 11.4 Å². The number of nitrogens with zero attached hydrogens (tertiary/aromatic N) is 1. The van der Waals surface area contributed by atoms with Gasteiger partial charge >= 0.3 is 10.2 Å². The Labute approximate surface area is 128 Å². The topological polar surface area (TPSA) is 121 Å². The van der Waals surface area contributed by atoms with Crippen LogP contribution in [0.15, 0.2) is 18.2 Å². The quantitative estimate of drug-likeness (QED) is 0.783. The standard InChI is InChI=1S/C12H16N2O6S2/c1-8(2)21(17,18)7-9-3-4-10(11(15)5-9)14-6-12(16)13-22(14,19)20/h3-5,8,15H,6-7H2,1-2H3,(H,13,16). The summed E-state index contributed by atoms with van der Waals surface area (Å²) in [7, 11) is -7.36. The molecule has 0 bridgehead atoms. The highest BCUT2D eigenvalue weighted by Crippen LogP contribution is 2.32. The number of carbonyl (C=O) groups is 1. The van der Waals surface area contributed by atoms with Gasteiger partial charge in [0.25, 0.3) is 5.91 Å². The van der Waals surface area contributed by atoms with Crippen molar-refractivity contribution in [1.29, 1.82) is 0 Å². The van der Waals surface area contributed by atoms with E-state index in [9.17, 15) is 26.7 Å². The Morgan fingerprint density at radius 2 is 2.00 bits per heavy atom. The highest BCUT2D eigenvalue weighted by atomic mass is 32.2. The van der Waals surface area contributed by atoms with Crippen LogP contribution < -0.4 is 9.03 Å². The number of sulfone groups is 1. The van der Waals surface area contributed by atoms with Gasteiger partial charge < -0.3 is 5.11 Å². The van der Waals surface area contributed by atoms with Gasteiger partial charge in [-0.3, -0.25) is 4.79 Å². The summed E-state index contributed by atoms with van der Waals surface area (Å²) < 4.78 is 49.7. The Bertz CT molecular complexity index is 814. The Hall–Kier alpha value is -1.81. The van der Waals surface area contributed by atoms with Crippen LogP contribution in [0.1, 0.15) is 19.4 Å².